The molecule has 0 saturated carbocycles. The lowest BCUT2D eigenvalue weighted by molar-refractivity contribution is 0.0520. The van der Waals surface area contributed by atoms with Gasteiger partial charge in [-0.05, 0) is 26.8 Å². The van der Waals surface area contributed by atoms with E-state index in [9.17, 15) is 22.8 Å². The van der Waals surface area contributed by atoms with Crippen LogP contribution in [0.15, 0.2) is 12.1 Å². The zero-order chi connectivity index (χ0) is 15.5. The Hall–Kier alpha value is -2.05. The predicted molar refractivity (Wildman–Crippen MR) is 64.9 cm³/mol. The van der Waals surface area contributed by atoms with E-state index in [1.54, 1.807) is 20.8 Å². The Morgan fingerprint density at radius 3 is 2.20 bits per heavy atom. The molecule has 1 amide bonds. The van der Waals surface area contributed by atoms with E-state index in [4.69, 9.17) is 4.74 Å². The number of nitrogens with one attached hydrogen (secondary N) is 1. The summed E-state index contributed by atoms with van der Waals surface area (Å²) in [6.07, 6.45) is -0.867. The molecule has 0 aromatic heterocycles. The summed E-state index contributed by atoms with van der Waals surface area (Å²) in [5.74, 6) is -4.82. The molecule has 0 radical (unpaired) electrons. The Morgan fingerprint density at radius 2 is 1.65 bits per heavy atom. The zero-order valence-electron chi connectivity index (χ0n) is 11.2. The number of ether oxygens (including phenoxy) is 1. The third-order valence-electron chi connectivity index (χ3n) is 2.10. The first kappa shape index (κ1) is 16.0. The highest BCUT2D eigenvalue weighted by atomic mass is 19.2. The number of hydrogen-bond acceptors (Lipinski definition) is 3. The molecule has 0 fully saturated rings. The summed E-state index contributed by atoms with van der Waals surface area (Å²) in [7, 11) is 0. The van der Waals surface area contributed by atoms with Crippen LogP contribution < -0.4 is 5.32 Å². The third kappa shape index (κ3) is 4.56. The molecule has 1 aromatic rings. The van der Waals surface area contributed by atoms with Crippen LogP contribution in [-0.2, 0) is 4.74 Å². The smallest absolute Gasteiger partial charge is 0.408 e. The third-order valence-corrected chi connectivity index (χ3v) is 2.10. The molecular weight excluding hydrogens is 275 g/mol. The molecule has 0 spiro atoms. The van der Waals surface area contributed by atoms with E-state index >= 15 is 0 Å². The molecule has 0 atom stereocenters. The Balaban J connectivity index is 2.69. The highest BCUT2D eigenvalue weighted by molar-refractivity contribution is 5.99. The van der Waals surface area contributed by atoms with Crippen LogP contribution in [0.1, 0.15) is 31.1 Å². The molecule has 20 heavy (non-hydrogen) atoms. The summed E-state index contributed by atoms with van der Waals surface area (Å²) in [6, 6.07) is 0.722. The molecule has 0 bridgehead atoms. The van der Waals surface area contributed by atoms with Crippen molar-refractivity contribution in [3.8, 4) is 0 Å². The Labute approximate surface area is 113 Å². The van der Waals surface area contributed by atoms with E-state index in [0.29, 0.717) is 6.07 Å². The van der Waals surface area contributed by atoms with E-state index in [0.717, 1.165) is 0 Å². The fraction of sp³-hybridized carbons (Fsp3) is 0.385. The van der Waals surface area contributed by atoms with E-state index in [-0.39, 0.29) is 6.07 Å². The van der Waals surface area contributed by atoms with Gasteiger partial charge in [0.2, 0.25) is 0 Å². The molecule has 1 rings (SSSR count). The molecule has 0 aliphatic rings. The minimum atomic E-state index is -1.39. The minimum absolute atomic E-state index is 0.274. The van der Waals surface area contributed by atoms with Crippen molar-refractivity contribution < 1.29 is 27.5 Å². The monoisotopic (exact) mass is 289 g/mol. The molecule has 4 nitrogen and oxygen atoms in total. The highest BCUT2D eigenvalue weighted by Crippen LogP contribution is 2.14. The van der Waals surface area contributed by atoms with Gasteiger partial charge in [0.05, 0.1) is 12.1 Å². The molecule has 7 heteroatoms. The second-order valence-electron chi connectivity index (χ2n) is 5.02. The lowest BCUT2D eigenvalue weighted by atomic mass is 10.1. The van der Waals surface area contributed by atoms with Crippen LogP contribution in [0.5, 0.6) is 0 Å². The summed E-state index contributed by atoms with van der Waals surface area (Å²) in [5.41, 5.74) is -1.39. The van der Waals surface area contributed by atoms with Gasteiger partial charge in [-0.3, -0.25) is 4.79 Å². The van der Waals surface area contributed by atoms with Gasteiger partial charge in [-0.25, -0.2) is 18.0 Å². The normalized spacial score (nSPS) is 11.1. The van der Waals surface area contributed by atoms with E-state index in [1.165, 1.54) is 0 Å². The number of amides is 1. The molecule has 1 aromatic carbocycles. The summed E-state index contributed by atoms with van der Waals surface area (Å²) in [6.45, 7) is 4.30. The maximum absolute atomic E-state index is 13.3. The second kappa shape index (κ2) is 5.94. The lowest BCUT2D eigenvalue weighted by Gasteiger charge is -2.19. The van der Waals surface area contributed by atoms with E-state index < -0.39 is 47.0 Å². The first-order valence-electron chi connectivity index (χ1n) is 5.75. The number of rotatable bonds is 3. The van der Waals surface area contributed by atoms with Gasteiger partial charge < -0.3 is 10.1 Å². The first-order chi connectivity index (χ1) is 9.10. The van der Waals surface area contributed by atoms with E-state index in [2.05, 4.69) is 5.32 Å². The molecule has 0 heterocycles. The molecule has 0 aliphatic carbocycles. The van der Waals surface area contributed by atoms with Crippen molar-refractivity contribution in [2.24, 2.45) is 0 Å². The Bertz CT molecular complexity index is 538. The number of carbonyl (C=O) groups excluding carboxylic acids is 2. The van der Waals surface area contributed by atoms with Gasteiger partial charge in [0.1, 0.15) is 11.4 Å². The van der Waals surface area contributed by atoms with Crippen molar-refractivity contribution >= 4 is 11.9 Å². The number of carbonyl (C=O) groups is 2. The average Bonchev–Trinajstić information content (AvgIpc) is 2.28. The Morgan fingerprint density at radius 1 is 1.10 bits per heavy atom. The standard InChI is InChI=1S/C13H14F3NO3/c1-13(2,3)20-12(19)17-6-11(18)7-4-9(15)10(16)5-8(7)14/h4-5H,6H2,1-3H3,(H,17,19). The molecular formula is C13H14F3NO3. The summed E-state index contributed by atoms with van der Waals surface area (Å²) < 4.78 is 43.8. The predicted octanol–water partition coefficient (Wildman–Crippen LogP) is 2.81. The SMILES string of the molecule is CC(C)(C)OC(=O)NCC(=O)c1cc(F)c(F)cc1F. The molecule has 0 saturated heterocycles. The van der Waals surface area contributed by atoms with Gasteiger partial charge in [-0.2, -0.15) is 0 Å². The number of Topliss-reactive ketones (excluding diaryl/α,β-unsaturated/α-hetero) is 1. The number of benzene rings is 1. The minimum Gasteiger partial charge on any atom is -0.444 e. The summed E-state index contributed by atoms with van der Waals surface area (Å²) in [5, 5.41) is 2.11. The van der Waals surface area contributed by atoms with Gasteiger partial charge in [-0.15, -0.1) is 0 Å². The quantitative estimate of drug-likeness (QED) is 0.687. The first-order valence-corrected chi connectivity index (χ1v) is 5.75. The van der Waals surface area contributed by atoms with Gasteiger partial charge >= 0.3 is 6.09 Å². The number of hydrogen-bond donors (Lipinski definition) is 1. The summed E-state index contributed by atoms with van der Waals surface area (Å²) >= 11 is 0. The molecule has 1 N–H and O–H groups in total. The van der Waals surface area contributed by atoms with Crippen LogP contribution in [0.2, 0.25) is 0 Å². The van der Waals surface area contributed by atoms with Crippen LogP contribution in [0.4, 0.5) is 18.0 Å². The van der Waals surface area contributed by atoms with Crippen LogP contribution in [-0.4, -0.2) is 24.0 Å². The summed E-state index contributed by atoms with van der Waals surface area (Å²) in [4.78, 5) is 22.9. The van der Waals surface area contributed by atoms with Crippen LogP contribution in [0.25, 0.3) is 0 Å². The van der Waals surface area contributed by atoms with Crippen molar-refractivity contribution in [2.75, 3.05) is 6.54 Å². The van der Waals surface area contributed by atoms with E-state index in [1.807, 2.05) is 0 Å². The fourth-order valence-electron chi connectivity index (χ4n) is 1.30. The van der Waals surface area contributed by atoms with Crippen LogP contribution in [0.3, 0.4) is 0 Å². The zero-order valence-corrected chi connectivity index (χ0v) is 11.2. The topological polar surface area (TPSA) is 55.4 Å². The molecule has 110 valence electrons. The lowest BCUT2D eigenvalue weighted by Crippen LogP contribution is -2.35. The van der Waals surface area contributed by atoms with Crippen molar-refractivity contribution in [3.63, 3.8) is 0 Å². The molecule has 0 unspecified atom stereocenters. The van der Waals surface area contributed by atoms with Crippen molar-refractivity contribution in [1.82, 2.24) is 5.32 Å². The number of ketones is 1. The van der Waals surface area contributed by atoms with Crippen LogP contribution in [0, 0.1) is 17.5 Å². The highest BCUT2D eigenvalue weighted by Gasteiger charge is 2.19. The van der Waals surface area contributed by atoms with Crippen molar-refractivity contribution in [1.29, 1.82) is 0 Å². The maximum Gasteiger partial charge on any atom is 0.408 e. The van der Waals surface area contributed by atoms with Gasteiger partial charge in [-0.1, -0.05) is 0 Å². The van der Waals surface area contributed by atoms with Gasteiger partial charge in [0.25, 0.3) is 0 Å². The number of alkyl carbamates (subject to hydrolysis) is 1. The number of halogens is 3. The van der Waals surface area contributed by atoms with Crippen molar-refractivity contribution in [3.05, 3.63) is 35.1 Å². The second-order valence-corrected chi connectivity index (χ2v) is 5.02. The fourth-order valence-corrected chi connectivity index (χ4v) is 1.30. The largest absolute Gasteiger partial charge is 0.444 e. The Kier molecular flexibility index (Phi) is 4.75. The average molecular weight is 289 g/mol. The maximum atomic E-state index is 13.3. The molecule has 0 aliphatic heterocycles. The van der Waals surface area contributed by atoms with Crippen LogP contribution >= 0.6 is 0 Å². The van der Waals surface area contributed by atoms with Gasteiger partial charge in [0.15, 0.2) is 17.4 Å². The van der Waals surface area contributed by atoms with Crippen molar-refractivity contribution in [2.45, 2.75) is 26.4 Å². The van der Waals surface area contributed by atoms with Gasteiger partial charge in [0, 0.05) is 6.07 Å².